The number of nitrogens with one attached hydrogen (secondary N) is 1. The fourth-order valence-electron chi connectivity index (χ4n) is 4.35. The molecule has 33 heavy (non-hydrogen) atoms. The molecule has 9 nitrogen and oxygen atoms in total. The monoisotopic (exact) mass is 451 g/mol. The van der Waals surface area contributed by atoms with Gasteiger partial charge in [0.15, 0.2) is 5.82 Å². The lowest BCUT2D eigenvalue weighted by Gasteiger charge is -2.30. The van der Waals surface area contributed by atoms with Crippen LogP contribution in [0, 0.1) is 13.8 Å². The minimum absolute atomic E-state index is 0.185. The summed E-state index contributed by atoms with van der Waals surface area (Å²) in [6.45, 7) is 5.63. The fourth-order valence-corrected chi connectivity index (χ4v) is 4.35. The van der Waals surface area contributed by atoms with Crippen LogP contribution in [0.2, 0.25) is 0 Å². The Bertz CT molecular complexity index is 1120. The number of aryl methyl sites for hydroxylation is 1. The molecule has 1 aliphatic carbocycles. The Balaban J connectivity index is 1.55. The van der Waals surface area contributed by atoms with Gasteiger partial charge in [-0.2, -0.15) is 10.1 Å². The third-order valence-electron chi connectivity index (χ3n) is 6.14. The standard InChI is InChI=1S/C24H29N5O4/c1-4-32-22(31)20-15-25-29(16(20)2)19-11-9-18(10-12-19)21(30)27-24(13-7-5-6-8-14-24)23-26-17(3)33-28-23/h9-12,15H,4-8,13-14H2,1-3H3,(H,27,30). The van der Waals surface area contributed by atoms with Crippen molar-refractivity contribution in [2.75, 3.05) is 6.61 Å². The van der Waals surface area contributed by atoms with Gasteiger partial charge in [-0.05, 0) is 51.0 Å². The summed E-state index contributed by atoms with van der Waals surface area (Å²) >= 11 is 0. The number of nitrogens with zero attached hydrogens (tertiary/aromatic N) is 4. The fraction of sp³-hybridized carbons (Fsp3) is 0.458. The number of carbonyl (C=O) groups excluding carboxylic acids is 2. The molecule has 0 unspecified atom stereocenters. The summed E-state index contributed by atoms with van der Waals surface area (Å²) in [5, 5.41) is 11.7. The van der Waals surface area contributed by atoms with Crippen molar-refractivity contribution in [1.29, 1.82) is 0 Å². The average Bonchev–Trinajstić information content (AvgIpc) is 3.34. The molecule has 0 aliphatic heterocycles. The SMILES string of the molecule is CCOC(=O)c1cnn(-c2ccc(C(=O)NC3(c4noc(C)n4)CCCCCC3)cc2)c1C. The summed E-state index contributed by atoms with van der Waals surface area (Å²) in [6.07, 6.45) is 7.29. The van der Waals surface area contributed by atoms with Crippen molar-refractivity contribution in [2.24, 2.45) is 0 Å². The minimum atomic E-state index is -0.628. The first-order chi connectivity index (χ1) is 15.9. The van der Waals surface area contributed by atoms with Crippen LogP contribution in [0.25, 0.3) is 5.69 Å². The molecule has 1 aromatic carbocycles. The van der Waals surface area contributed by atoms with Gasteiger partial charge in [-0.3, -0.25) is 4.79 Å². The second-order valence-corrected chi connectivity index (χ2v) is 8.41. The molecule has 2 aromatic heterocycles. The lowest BCUT2D eigenvalue weighted by Crippen LogP contribution is -2.46. The second kappa shape index (κ2) is 9.56. The van der Waals surface area contributed by atoms with E-state index in [1.54, 1.807) is 30.7 Å². The third-order valence-corrected chi connectivity index (χ3v) is 6.14. The van der Waals surface area contributed by atoms with Gasteiger partial charge in [0.25, 0.3) is 5.91 Å². The van der Waals surface area contributed by atoms with Crippen LogP contribution in [0.15, 0.2) is 35.0 Å². The van der Waals surface area contributed by atoms with Gasteiger partial charge in [-0.1, -0.05) is 30.8 Å². The molecule has 0 spiro atoms. The maximum absolute atomic E-state index is 13.2. The van der Waals surface area contributed by atoms with Crippen molar-refractivity contribution in [1.82, 2.24) is 25.2 Å². The van der Waals surface area contributed by atoms with Crippen LogP contribution in [0.5, 0.6) is 0 Å². The smallest absolute Gasteiger partial charge is 0.341 e. The molecule has 1 saturated carbocycles. The Labute approximate surface area is 192 Å². The Kier molecular flexibility index (Phi) is 6.57. The van der Waals surface area contributed by atoms with E-state index >= 15 is 0 Å². The van der Waals surface area contributed by atoms with Gasteiger partial charge in [-0.25, -0.2) is 9.48 Å². The topological polar surface area (TPSA) is 112 Å². The first-order valence-electron chi connectivity index (χ1n) is 11.4. The van der Waals surface area contributed by atoms with Crippen LogP contribution in [0.1, 0.15) is 83.6 Å². The molecule has 4 rings (SSSR count). The van der Waals surface area contributed by atoms with E-state index in [4.69, 9.17) is 9.26 Å². The summed E-state index contributed by atoms with van der Waals surface area (Å²) in [6, 6.07) is 7.12. The van der Waals surface area contributed by atoms with Crippen LogP contribution < -0.4 is 5.32 Å². The number of ether oxygens (including phenoxy) is 1. The van der Waals surface area contributed by atoms with Gasteiger partial charge in [0.2, 0.25) is 5.89 Å². The summed E-state index contributed by atoms with van der Waals surface area (Å²) in [5.41, 5.74) is 1.74. The van der Waals surface area contributed by atoms with Gasteiger partial charge >= 0.3 is 5.97 Å². The molecule has 0 atom stereocenters. The number of carbonyl (C=O) groups is 2. The number of aromatic nitrogens is 4. The van der Waals surface area contributed by atoms with Crippen LogP contribution in [-0.4, -0.2) is 38.4 Å². The van der Waals surface area contributed by atoms with Crippen molar-refractivity contribution in [3.63, 3.8) is 0 Å². The predicted molar refractivity (Wildman–Crippen MR) is 120 cm³/mol. The quantitative estimate of drug-likeness (QED) is 0.445. The van der Waals surface area contributed by atoms with E-state index < -0.39 is 11.5 Å². The third kappa shape index (κ3) is 4.67. The predicted octanol–water partition coefficient (Wildman–Crippen LogP) is 4.03. The average molecular weight is 452 g/mol. The minimum Gasteiger partial charge on any atom is -0.462 e. The molecular formula is C24H29N5O4. The van der Waals surface area contributed by atoms with E-state index in [0.29, 0.717) is 35.1 Å². The van der Waals surface area contributed by atoms with Crippen molar-refractivity contribution in [2.45, 2.75) is 64.8 Å². The Hall–Kier alpha value is -3.49. The highest BCUT2D eigenvalue weighted by Crippen LogP contribution is 2.35. The molecule has 0 radical (unpaired) electrons. The molecule has 2 heterocycles. The maximum atomic E-state index is 13.2. The Morgan fingerprint density at radius 3 is 2.42 bits per heavy atom. The van der Waals surface area contributed by atoms with Crippen LogP contribution >= 0.6 is 0 Å². The summed E-state index contributed by atoms with van der Waals surface area (Å²) in [4.78, 5) is 29.7. The molecule has 1 N–H and O–H groups in total. The van der Waals surface area contributed by atoms with Crippen LogP contribution in [-0.2, 0) is 10.3 Å². The number of amides is 1. The van der Waals surface area contributed by atoms with Gasteiger partial charge in [0.1, 0.15) is 11.1 Å². The van der Waals surface area contributed by atoms with Gasteiger partial charge in [0.05, 0.1) is 24.2 Å². The van der Waals surface area contributed by atoms with Crippen molar-refractivity contribution in [3.05, 3.63) is 59.0 Å². The van der Waals surface area contributed by atoms with Crippen LogP contribution in [0.3, 0.4) is 0 Å². The lowest BCUT2D eigenvalue weighted by molar-refractivity contribution is 0.0525. The zero-order valence-corrected chi connectivity index (χ0v) is 19.3. The van der Waals surface area contributed by atoms with Crippen molar-refractivity contribution in [3.8, 4) is 5.69 Å². The van der Waals surface area contributed by atoms with Crippen LogP contribution in [0.4, 0.5) is 0 Å². The maximum Gasteiger partial charge on any atom is 0.341 e. The molecule has 9 heteroatoms. The van der Waals surface area contributed by atoms with E-state index in [9.17, 15) is 9.59 Å². The molecule has 0 saturated heterocycles. The highest BCUT2D eigenvalue weighted by atomic mass is 16.5. The second-order valence-electron chi connectivity index (χ2n) is 8.41. The molecular weight excluding hydrogens is 422 g/mol. The van der Waals surface area contributed by atoms with E-state index in [1.807, 2.05) is 19.1 Å². The zero-order chi connectivity index (χ0) is 23.4. The largest absolute Gasteiger partial charge is 0.462 e. The van der Waals surface area contributed by atoms with E-state index in [-0.39, 0.29) is 5.91 Å². The van der Waals surface area contributed by atoms with Gasteiger partial charge in [0, 0.05) is 12.5 Å². The molecule has 1 aliphatic rings. The Morgan fingerprint density at radius 1 is 1.12 bits per heavy atom. The van der Waals surface area contributed by atoms with Gasteiger partial charge < -0.3 is 14.6 Å². The van der Waals surface area contributed by atoms with Crippen molar-refractivity contribution >= 4 is 11.9 Å². The summed E-state index contributed by atoms with van der Waals surface area (Å²) < 4.78 is 12.0. The molecule has 1 fully saturated rings. The lowest BCUT2D eigenvalue weighted by atomic mass is 9.88. The number of hydrogen-bond acceptors (Lipinski definition) is 7. The molecule has 0 bridgehead atoms. The Morgan fingerprint density at radius 2 is 1.82 bits per heavy atom. The molecule has 3 aromatic rings. The van der Waals surface area contributed by atoms with E-state index in [0.717, 1.165) is 44.2 Å². The normalized spacial score (nSPS) is 15.6. The highest BCUT2D eigenvalue weighted by molar-refractivity contribution is 5.95. The van der Waals surface area contributed by atoms with Crippen molar-refractivity contribution < 1.29 is 18.8 Å². The summed E-state index contributed by atoms with van der Waals surface area (Å²) in [5.74, 6) is 0.451. The number of esters is 1. The highest BCUT2D eigenvalue weighted by Gasteiger charge is 2.39. The number of benzene rings is 1. The number of hydrogen-bond donors (Lipinski definition) is 1. The molecule has 174 valence electrons. The van der Waals surface area contributed by atoms with E-state index in [1.165, 1.54) is 6.20 Å². The van der Waals surface area contributed by atoms with Gasteiger partial charge in [-0.15, -0.1) is 0 Å². The zero-order valence-electron chi connectivity index (χ0n) is 19.3. The first-order valence-corrected chi connectivity index (χ1v) is 11.4. The van der Waals surface area contributed by atoms with E-state index in [2.05, 4.69) is 20.6 Å². The number of rotatable bonds is 6. The first kappa shape index (κ1) is 22.7. The molecule has 1 amide bonds. The summed E-state index contributed by atoms with van der Waals surface area (Å²) in [7, 11) is 0.